The standard InChI is InChI=1S/C19H15F2N3O2/c20-14-7-5-12(6-8-14)18-22-19(26-23-18)16-9-10-17(25)24(16)11-13-3-1-2-4-15(13)21/h1-8,16H,9-11H2. The highest BCUT2D eigenvalue weighted by molar-refractivity contribution is 5.78. The van der Waals surface area contributed by atoms with Crippen LogP contribution in [0.25, 0.3) is 11.4 Å². The van der Waals surface area contributed by atoms with Crippen LogP contribution in [-0.2, 0) is 11.3 Å². The molecule has 0 N–H and O–H groups in total. The van der Waals surface area contributed by atoms with Gasteiger partial charge < -0.3 is 9.42 Å². The van der Waals surface area contributed by atoms with Crippen LogP contribution in [0.1, 0.15) is 30.3 Å². The Morgan fingerprint density at radius 3 is 2.65 bits per heavy atom. The smallest absolute Gasteiger partial charge is 0.249 e. The predicted octanol–water partition coefficient (Wildman–Crippen LogP) is 3.88. The molecule has 1 amide bonds. The van der Waals surface area contributed by atoms with Crippen LogP contribution in [0.2, 0.25) is 0 Å². The summed E-state index contributed by atoms with van der Waals surface area (Å²) in [5, 5.41) is 3.92. The van der Waals surface area contributed by atoms with Crippen molar-refractivity contribution in [3.05, 3.63) is 71.6 Å². The lowest BCUT2D eigenvalue weighted by atomic mass is 10.1. The van der Waals surface area contributed by atoms with Gasteiger partial charge in [-0.05, 0) is 36.8 Å². The predicted molar refractivity (Wildman–Crippen MR) is 88.6 cm³/mol. The minimum absolute atomic E-state index is 0.0835. The number of benzene rings is 2. The Bertz CT molecular complexity index is 940. The van der Waals surface area contributed by atoms with Crippen molar-refractivity contribution in [3.63, 3.8) is 0 Å². The number of rotatable bonds is 4. The van der Waals surface area contributed by atoms with Gasteiger partial charge in [-0.25, -0.2) is 8.78 Å². The monoisotopic (exact) mass is 355 g/mol. The highest BCUT2D eigenvalue weighted by Crippen LogP contribution is 2.34. The van der Waals surface area contributed by atoms with E-state index < -0.39 is 6.04 Å². The maximum absolute atomic E-state index is 13.9. The number of hydrogen-bond donors (Lipinski definition) is 0. The van der Waals surface area contributed by atoms with Gasteiger partial charge in [0.25, 0.3) is 0 Å². The topological polar surface area (TPSA) is 59.2 Å². The number of hydrogen-bond acceptors (Lipinski definition) is 4. The second-order valence-electron chi connectivity index (χ2n) is 6.13. The van der Waals surface area contributed by atoms with Crippen molar-refractivity contribution >= 4 is 5.91 Å². The van der Waals surface area contributed by atoms with Crippen LogP contribution < -0.4 is 0 Å². The molecule has 7 heteroatoms. The van der Waals surface area contributed by atoms with Crippen molar-refractivity contribution in [3.8, 4) is 11.4 Å². The van der Waals surface area contributed by atoms with Crippen LogP contribution in [0, 0.1) is 11.6 Å². The maximum Gasteiger partial charge on any atom is 0.249 e. The molecule has 3 aromatic rings. The first-order valence-electron chi connectivity index (χ1n) is 8.24. The summed E-state index contributed by atoms with van der Waals surface area (Å²) < 4.78 is 32.3. The van der Waals surface area contributed by atoms with Crippen LogP contribution in [0.3, 0.4) is 0 Å². The largest absolute Gasteiger partial charge is 0.337 e. The van der Waals surface area contributed by atoms with E-state index in [9.17, 15) is 13.6 Å². The summed E-state index contributed by atoms with van der Waals surface area (Å²) in [5.41, 5.74) is 1.05. The molecular formula is C19H15F2N3O2. The molecule has 0 saturated carbocycles. The first-order chi connectivity index (χ1) is 12.6. The first kappa shape index (κ1) is 16.4. The van der Waals surface area contributed by atoms with Crippen molar-refractivity contribution in [2.24, 2.45) is 0 Å². The molecule has 1 aliphatic heterocycles. The number of likely N-dealkylation sites (tertiary alicyclic amines) is 1. The van der Waals surface area contributed by atoms with Gasteiger partial charge in [0.2, 0.25) is 17.6 Å². The lowest BCUT2D eigenvalue weighted by Gasteiger charge is -2.22. The van der Waals surface area contributed by atoms with Gasteiger partial charge in [-0.15, -0.1) is 0 Å². The Morgan fingerprint density at radius 1 is 1.12 bits per heavy atom. The molecule has 1 aromatic heterocycles. The summed E-state index contributed by atoms with van der Waals surface area (Å²) in [5.74, 6) is -0.171. The maximum atomic E-state index is 13.9. The molecule has 0 spiro atoms. The van der Waals surface area contributed by atoms with E-state index in [1.54, 1.807) is 35.2 Å². The molecule has 4 rings (SSSR count). The number of nitrogens with zero attached hydrogens (tertiary/aromatic N) is 3. The van der Waals surface area contributed by atoms with E-state index in [0.29, 0.717) is 35.7 Å². The van der Waals surface area contributed by atoms with Crippen LogP contribution in [-0.4, -0.2) is 20.9 Å². The number of halogens is 2. The number of carbonyl (C=O) groups is 1. The average molecular weight is 355 g/mol. The minimum atomic E-state index is -0.399. The zero-order valence-electron chi connectivity index (χ0n) is 13.7. The highest BCUT2D eigenvalue weighted by Gasteiger charge is 2.36. The normalized spacial score (nSPS) is 17.1. The van der Waals surface area contributed by atoms with Gasteiger partial charge in [-0.3, -0.25) is 4.79 Å². The lowest BCUT2D eigenvalue weighted by Crippen LogP contribution is -2.27. The quantitative estimate of drug-likeness (QED) is 0.713. The van der Waals surface area contributed by atoms with Gasteiger partial charge in [0.1, 0.15) is 17.7 Å². The Morgan fingerprint density at radius 2 is 1.88 bits per heavy atom. The van der Waals surface area contributed by atoms with E-state index in [4.69, 9.17) is 4.52 Å². The molecule has 0 aliphatic carbocycles. The van der Waals surface area contributed by atoms with Crippen molar-refractivity contribution in [1.29, 1.82) is 0 Å². The number of amides is 1. The summed E-state index contributed by atoms with van der Waals surface area (Å²) in [4.78, 5) is 18.2. The van der Waals surface area contributed by atoms with Gasteiger partial charge in [0.05, 0.1) is 0 Å². The van der Waals surface area contributed by atoms with Gasteiger partial charge in [0, 0.05) is 24.1 Å². The molecule has 132 valence electrons. The fraction of sp³-hybridized carbons (Fsp3) is 0.211. The average Bonchev–Trinajstić information content (AvgIpc) is 3.25. The Labute approximate surface area is 148 Å². The van der Waals surface area contributed by atoms with Gasteiger partial charge in [0.15, 0.2) is 0 Å². The van der Waals surface area contributed by atoms with E-state index in [1.165, 1.54) is 18.2 Å². The third kappa shape index (κ3) is 3.08. The van der Waals surface area contributed by atoms with Gasteiger partial charge >= 0.3 is 0 Å². The van der Waals surface area contributed by atoms with E-state index >= 15 is 0 Å². The molecule has 2 aromatic carbocycles. The molecule has 1 atom stereocenters. The number of aromatic nitrogens is 2. The van der Waals surface area contributed by atoms with Crippen LogP contribution in [0.4, 0.5) is 8.78 Å². The molecule has 1 saturated heterocycles. The van der Waals surface area contributed by atoms with Crippen LogP contribution >= 0.6 is 0 Å². The SMILES string of the molecule is O=C1CCC(c2nc(-c3ccc(F)cc3)no2)N1Cc1ccccc1F. The molecule has 2 heterocycles. The molecule has 26 heavy (non-hydrogen) atoms. The van der Waals surface area contributed by atoms with Gasteiger partial charge in [-0.2, -0.15) is 4.98 Å². The summed E-state index contributed by atoms with van der Waals surface area (Å²) in [6.07, 6.45) is 0.867. The van der Waals surface area contributed by atoms with E-state index in [2.05, 4.69) is 10.1 Å². The third-order valence-electron chi connectivity index (χ3n) is 4.46. The second kappa shape index (κ2) is 6.67. The molecule has 0 bridgehead atoms. The molecule has 5 nitrogen and oxygen atoms in total. The Hall–Kier alpha value is -3.09. The van der Waals surface area contributed by atoms with Crippen LogP contribution in [0.5, 0.6) is 0 Å². The molecule has 1 aliphatic rings. The molecule has 1 unspecified atom stereocenters. The van der Waals surface area contributed by atoms with Crippen molar-refractivity contribution in [2.75, 3.05) is 0 Å². The lowest BCUT2D eigenvalue weighted by molar-refractivity contribution is -0.130. The summed E-state index contributed by atoms with van der Waals surface area (Å²) in [7, 11) is 0. The third-order valence-corrected chi connectivity index (χ3v) is 4.46. The van der Waals surface area contributed by atoms with Crippen molar-refractivity contribution in [1.82, 2.24) is 15.0 Å². The fourth-order valence-corrected chi connectivity index (χ4v) is 3.09. The van der Waals surface area contributed by atoms with Crippen LogP contribution in [0.15, 0.2) is 53.1 Å². The zero-order chi connectivity index (χ0) is 18.1. The van der Waals surface area contributed by atoms with E-state index in [-0.39, 0.29) is 24.1 Å². The molecular weight excluding hydrogens is 340 g/mol. The van der Waals surface area contributed by atoms with Crippen molar-refractivity contribution < 1.29 is 18.1 Å². The second-order valence-corrected chi connectivity index (χ2v) is 6.13. The van der Waals surface area contributed by atoms with E-state index in [0.717, 1.165) is 0 Å². The number of carbonyl (C=O) groups excluding carboxylic acids is 1. The summed E-state index contributed by atoms with van der Waals surface area (Å²) >= 11 is 0. The Balaban J connectivity index is 1.59. The highest BCUT2D eigenvalue weighted by atomic mass is 19.1. The molecule has 0 radical (unpaired) electrons. The summed E-state index contributed by atoms with van der Waals surface area (Å²) in [6, 6.07) is 11.7. The first-order valence-corrected chi connectivity index (χ1v) is 8.24. The minimum Gasteiger partial charge on any atom is -0.337 e. The zero-order valence-corrected chi connectivity index (χ0v) is 13.7. The van der Waals surface area contributed by atoms with Crippen molar-refractivity contribution in [2.45, 2.75) is 25.4 Å². The Kier molecular flexibility index (Phi) is 4.20. The fourth-order valence-electron chi connectivity index (χ4n) is 3.09. The van der Waals surface area contributed by atoms with E-state index in [1.807, 2.05) is 0 Å². The summed E-state index contributed by atoms with van der Waals surface area (Å²) in [6.45, 7) is 0.143. The van der Waals surface area contributed by atoms with Gasteiger partial charge in [-0.1, -0.05) is 23.4 Å². The molecule has 1 fully saturated rings.